The van der Waals surface area contributed by atoms with Crippen LogP contribution in [0.3, 0.4) is 0 Å². The smallest absolute Gasteiger partial charge is 0.289 e. The van der Waals surface area contributed by atoms with Gasteiger partial charge < -0.3 is 20.1 Å². The van der Waals surface area contributed by atoms with E-state index in [1.807, 2.05) is 42.5 Å². The van der Waals surface area contributed by atoms with Crippen molar-refractivity contribution in [3.8, 4) is 17.3 Å². The molecule has 0 spiro atoms. The van der Waals surface area contributed by atoms with Gasteiger partial charge in [-0.3, -0.25) is 14.4 Å². The molecule has 4 aliphatic heterocycles. The average molecular weight is 538 g/mol. The third-order valence-corrected chi connectivity index (χ3v) is 6.75. The van der Waals surface area contributed by atoms with Gasteiger partial charge in [-0.15, -0.1) is 0 Å². The number of nitrogens with zero attached hydrogens (tertiary/aromatic N) is 3. The maximum absolute atomic E-state index is 13.6. The summed E-state index contributed by atoms with van der Waals surface area (Å²) in [6.45, 7) is 0.731. The second kappa shape index (κ2) is 11.0. The Balaban J connectivity index is 1.37. The molecule has 2 amide bonds. The van der Waals surface area contributed by atoms with Crippen molar-refractivity contribution in [2.45, 2.75) is 31.3 Å². The number of ether oxygens (including phenoxy) is 2. The predicted molar refractivity (Wildman–Crippen MR) is 147 cm³/mol. The molecule has 40 heavy (non-hydrogen) atoms. The summed E-state index contributed by atoms with van der Waals surface area (Å²) in [7, 11) is 0. The Hall–Kier alpha value is -4.99. The van der Waals surface area contributed by atoms with Crippen LogP contribution in [0.5, 0.6) is 11.5 Å². The lowest BCUT2D eigenvalue weighted by Gasteiger charge is -2.19. The van der Waals surface area contributed by atoms with Gasteiger partial charge >= 0.3 is 0 Å². The molecule has 10 heteroatoms. The van der Waals surface area contributed by atoms with Crippen molar-refractivity contribution in [2.75, 3.05) is 13.2 Å². The summed E-state index contributed by atoms with van der Waals surface area (Å²) in [5.74, 6) is -0.322. The average Bonchev–Trinajstić information content (AvgIpc) is 3.69. The fourth-order valence-electron chi connectivity index (χ4n) is 4.48. The van der Waals surface area contributed by atoms with Gasteiger partial charge in [-0.1, -0.05) is 12.1 Å². The molecule has 2 N–H and O–H groups in total. The van der Waals surface area contributed by atoms with E-state index in [1.165, 1.54) is 0 Å². The minimum absolute atomic E-state index is 0.0123. The highest BCUT2D eigenvalue weighted by atomic mass is 16.5. The molecule has 5 aliphatic rings. The topological polar surface area (TPSA) is 124 Å². The van der Waals surface area contributed by atoms with Gasteiger partial charge in [0.2, 0.25) is 5.78 Å². The summed E-state index contributed by atoms with van der Waals surface area (Å²) in [6.07, 6.45) is 8.81. The van der Waals surface area contributed by atoms with Crippen molar-refractivity contribution in [3.05, 3.63) is 90.3 Å². The van der Waals surface area contributed by atoms with E-state index in [0.717, 1.165) is 29.3 Å². The normalized spacial score (nSPS) is 18.2. The van der Waals surface area contributed by atoms with Crippen LogP contribution >= 0.6 is 0 Å². The molecule has 202 valence electrons. The van der Waals surface area contributed by atoms with Gasteiger partial charge in [-0.25, -0.2) is 9.67 Å². The van der Waals surface area contributed by atoms with Crippen molar-refractivity contribution in [1.29, 1.82) is 0 Å². The Morgan fingerprint density at radius 1 is 0.975 bits per heavy atom. The van der Waals surface area contributed by atoms with Crippen LogP contribution < -0.4 is 20.1 Å². The van der Waals surface area contributed by atoms with Gasteiger partial charge in [0.05, 0.1) is 17.3 Å². The standard InChI is InChI=1S/C30H27N5O5/c36-27(30(38)33-21-7-8-21)25-16-19-5-9-22(10-6-19)39-14-1-2-15-40-23-11-12-26-20(17-23)18-32-35(26)28-24(29(37)34-25)4-3-13-31-28/h1-6,9-13,17-18,21,25H,7-8,14-16H2,(H,33,38)(H,34,37)/b2-1+/t25-/m0/s1. The molecule has 1 saturated carbocycles. The van der Waals surface area contributed by atoms with Crippen LogP contribution in [0, 0.1) is 0 Å². The highest BCUT2D eigenvalue weighted by Gasteiger charge is 2.32. The molecule has 4 aromatic rings. The number of hydrogen-bond donors (Lipinski definition) is 2. The summed E-state index contributed by atoms with van der Waals surface area (Å²) in [5.41, 5.74) is 1.71. The lowest BCUT2D eigenvalue weighted by atomic mass is 10.0. The summed E-state index contributed by atoms with van der Waals surface area (Å²) in [4.78, 5) is 44.0. The molecule has 1 aliphatic carbocycles. The quantitative estimate of drug-likeness (QED) is 0.304. The number of nitrogens with one attached hydrogen (secondary N) is 2. The maximum atomic E-state index is 13.6. The van der Waals surface area contributed by atoms with Crippen molar-refractivity contribution in [1.82, 2.24) is 25.4 Å². The zero-order valence-corrected chi connectivity index (χ0v) is 21.6. The number of Topliss-reactive ketones (excluding diaryl/α,β-unsaturated/α-hetero) is 1. The van der Waals surface area contributed by atoms with Crippen LogP contribution in [0.25, 0.3) is 16.7 Å². The van der Waals surface area contributed by atoms with Gasteiger partial charge in [0.15, 0.2) is 5.82 Å². The van der Waals surface area contributed by atoms with Crippen molar-refractivity contribution >= 4 is 28.5 Å². The monoisotopic (exact) mass is 537 g/mol. The molecule has 2 aromatic heterocycles. The van der Waals surface area contributed by atoms with Crippen LogP contribution in [0.15, 0.2) is 79.1 Å². The van der Waals surface area contributed by atoms with E-state index < -0.39 is 23.6 Å². The first-order chi connectivity index (χ1) is 19.5. The number of ketones is 1. The van der Waals surface area contributed by atoms with E-state index in [9.17, 15) is 14.4 Å². The third kappa shape index (κ3) is 5.56. The highest BCUT2D eigenvalue weighted by molar-refractivity contribution is 6.38. The zero-order chi connectivity index (χ0) is 27.5. The van der Waals surface area contributed by atoms with Crippen LogP contribution in [0.4, 0.5) is 0 Å². The molecular formula is C30H27N5O5. The van der Waals surface area contributed by atoms with Gasteiger partial charge in [0.1, 0.15) is 30.8 Å². The van der Waals surface area contributed by atoms with E-state index in [0.29, 0.717) is 30.5 Å². The van der Waals surface area contributed by atoms with Crippen LogP contribution in [-0.4, -0.2) is 57.7 Å². The van der Waals surface area contributed by atoms with Crippen molar-refractivity contribution < 1.29 is 23.9 Å². The second-order valence-corrected chi connectivity index (χ2v) is 9.73. The van der Waals surface area contributed by atoms with Gasteiger partial charge in [0, 0.05) is 24.0 Å². The number of amides is 2. The fraction of sp³-hybridized carbons (Fsp3) is 0.233. The molecule has 0 saturated heterocycles. The molecule has 1 atom stereocenters. The predicted octanol–water partition coefficient (Wildman–Crippen LogP) is 2.94. The van der Waals surface area contributed by atoms with E-state index in [4.69, 9.17) is 9.47 Å². The Labute approximate surface area is 230 Å². The molecule has 10 nitrogen and oxygen atoms in total. The summed E-state index contributed by atoms with van der Waals surface area (Å²) in [5, 5.41) is 10.8. The number of benzene rings is 2. The number of hydrogen-bond acceptors (Lipinski definition) is 7. The van der Waals surface area contributed by atoms with Crippen molar-refractivity contribution in [2.24, 2.45) is 0 Å². The van der Waals surface area contributed by atoms with Gasteiger partial charge in [-0.05, 0) is 73.0 Å². The number of carbonyl (C=O) groups excluding carboxylic acids is 3. The largest absolute Gasteiger partial charge is 0.490 e. The third-order valence-electron chi connectivity index (χ3n) is 6.75. The lowest BCUT2D eigenvalue weighted by Crippen LogP contribution is -2.49. The zero-order valence-electron chi connectivity index (χ0n) is 21.6. The van der Waals surface area contributed by atoms with E-state index in [-0.39, 0.29) is 18.0 Å². The van der Waals surface area contributed by atoms with Crippen LogP contribution in [-0.2, 0) is 16.0 Å². The van der Waals surface area contributed by atoms with Crippen LogP contribution in [0.1, 0.15) is 28.8 Å². The highest BCUT2D eigenvalue weighted by Crippen LogP contribution is 2.24. The lowest BCUT2D eigenvalue weighted by molar-refractivity contribution is -0.139. The minimum atomic E-state index is -1.09. The molecule has 1 fully saturated rings. The molecule has 9 rings (SSSR count). The van der Waals surface area contributed by atoms with Gasteiger partial charge in [-0.2, -0.15) is 5.10 Å². The Morgan fingerprint density at radius 3 is 2.50 bits per heavy atom. The Morgan fingerprint density at radius 2 is 1.73 bits per heavy atom. The molecule has 0 unspecified atom stereocenters. The Bertz CT molecular complexity index is 1610. The minimum Gasteiger partial charge on any atom is -0.490 e. The number of aromatic nitrogens is 3. The van der Waals surface area contributed by atoms with E-state index in [1.54, 1.807) is 41.3 Å². The first-order valence-corrected chi connectivity index (χ1v) is 13.1. The molecular weight excluding hydrogens is 510 g/mol. The SMILES string of the molecule is O=C(NC1CC1)C(=O)[C@@H]1Cc2ccc(cc2)OC/C=C/COc2ccc3c(cnn3-c3ncccc3C(=O)N1)c2. The first kappa shape index (κ1) is 25.3. The number of pyridine rings is 1. The van der Waals surface area contributed by atoms with E-state index >= 15 is 0 Å². The molecule has 6 bridgehead atoms. The van der Waals surface area contributed by atoms with Gasteiger partial charge in [0.25, 0.3) is 11.8 Å². The maximum Gasteiger partial charge on any atom is 0.289 e. The van der Waals surface area contributed by atoms with Crippen LogP contribution in [0.2, 0.25) is 0 Å². The van der Waals surface area contributed by atoms with Crippen molar-refractivity contribution in [3.63, 3.8) is 0 Å². The molecule has 2 aromatic carbocycles. The van der Waals surface area contributed by atoms with E-state index in [2.05, 4.69) is 20.7 Å². The summed E-state index contributed by atoms with van der Waals surface area (Å²) >= 11 is 0. The Kier molecular flexibility index (Phi) is 6.96. The second-order valence-electron chi connectivity index (χ2n) is 9.73. The molecule has 6 heterocycles. The fourth-order valence-corrected chi connectivity index (χ4v) is 4.48. The first-order valence-electron chi connectivity index (χ1n) is 13.1. The number of carbonyl (C=O) groups is 3. The number of rotatable bonds is 3. The molecule has 0 radical (unpaired) electrons. The summed E-state index contributed by atoms with van der Waals surface area (Å²) < 4.78 is 13.2. The summed E-state index contributed by atoms with van der Waals surface area (Å²) in [6, 6.07) is 14.9.